The smallest absolute Gasteiger partial charge is 0.244 e. The van der Waals surface area contributed by atoms with Crippen LogP contribution in [0, 0.1) is 0 Å². The summed E-state index contributed by atoms with van der Waals surface area (Å²) in [5.41, 5.74) is 4.20. The van der Waals surface area contributed by atoms with Gasteiger partial charge in [0.15, 0.2) is 0 Å². The van der Waals surface area contributed by atoms with Gasteiger partial charge in [-0.1, -0.05) is 56.6 Å². The van der Waals surface area contributed by atoms with Crippen molar-refractivity contribution in [3.63, 3.8) is 0 Å². The fourth-order valence-corrected chi connectivity index (χ4v) is 2.54. The Morgan fingerprint density at radius 3 is 2.58 bits per heavy atom. The van der Waals surface area contributed by atoms with Crippen LogP contribution in [0.4, 0.5) is 0 Å². The molecule has 0 aromatic heterocycles. The zero-order valence-corrected chi connectivity index (χ0v) is 16.0. The minimum Gasteiger partial charge on any atom is -0.489 e. The third-order valence-electron chi connectivity index (χ3n) is 3.00. The summed E-state index contributed by atoms with van der Waals surface area (Å²) in [5.74, 6) is 0.487. The Bertz CT molecular complexity index is 743. The van der Waals surface area contributed by atoms with Crippen molar-refractivity contribution in [3.05, 3.63) is 75.2 Å². The van der Waals surface area contributed by atoms with E-state index in [2.05, 4.69) is 49.0 Å². The Morgan fingerprint density at radius 2 is 1.88 bits per heavy atom. The van der Waals surface area contributed by atoms with Crippen molar-refractivity contribution in [2.75, 3.05) is 6.61 Å². The number of halogens is 2. The first kappa shape index (κ1) is 18.4. The highest BCUT2D eigenvalue weighted by molar-refractivity contribution is 9.10. The predicted octanol–water partition coefficient (Wildman–Crippen LogP) is 4.47. The van der Waals surface area contributed by atoms with Gasteiger partial charge in [0.1, 0.15) is 12.4 Å². The van der Waals surface area contributed by atoms with Gasteiger partial charge in [-0.15, -0.1) is 0 Å². The standard InChI is InChI=1S/C18H16Br2N2O2/c1-2-9-24-17-8-7-16(20)11-14(17)12-21-22-18(23)10-13-3-5-15(19)6-4-13/h2-8,11-12H,1,9-10H2,(H,22,23)/b21-12-. The van der Waals surface area contributed by atoms with E-state index < -0.39 is 0 Å². The van der Waals surface area contributed by atoms with Crippen LogP contribution in [0.2, 0.25) is 0 Å². The molecule has 0 spiro atoms. The van der Waals surface area contributed by atoms with E-state index >= 15 is 0 Å². The van der Waals surface area contributed by atoms with Crippen molar-refractivity contribution in [2.45, 2.75) is 6.42 Å². The molecule has 0 fully saturated rings. The van der Waals surface area contributed by atoms with Gasteiger partial charge in [-0.2, -0.15) is 5.10 Å². The average molecular weight is 452 g/mol. The number of benzene rings is 2. The number of carbonyl (C=O) groups is 1. The molecule has 0 heterocycles. The average Bonchev–Trinajstić information content (AvgIpc) is 2.56. The summed E-state index contributed by atoms with van der Waals surface area (Å²) in [7, 11) is 0. The zero-order valence-electron chi connectivity index (χ0n) is 12.8. The summed E-state index contributed by atoms with van der Waals surface area (Å²) in [5, 5.41) is 4.00. The third-order valence-corrected chi connectivity index (χ3v) is 4.02. The topological polar surface area (TPSA) is 50.7 Å². The number of hydrogen-bond acceptors (Lipinski definition) is 3. The first-order valence-electron chi connectivity index (χ1n) is 7.18. The van der Waals surface area contributed by atoms with Crippen molar-refractivity contribution in [1.29, 1.82) is 0 Å². The lowest BCUT2D eigenvalue weighted by Crippen LogP contribution is -2.19. The van der Waals surface area contributed by atoms with Crippen LogP contribution in [-0.2, 0) is 11.2 Å². The molecule has 0 radical (unpaired) electrons. The lowest BCUT2D eigenvalue weighted by atomic mass is 10.1. The largest absolute Gasteiger partial charge is 0.489 e. The van der Waals surface area contributed by atoms with Gasteiger partial charge in [-0.3, -0.25) is 4.79 Å². The molecule has 0 aliphatic heterocycles. The van der Waals surface area contributed by atoms with E-state index in [4.69, 9.17) is 4.74 Å². The molecule has 1 N–H and O–H groups in total. The summed E-state index contributed by atoms with van der Waals surface area (Å²) in [4.78, 5) is 11.9. The van der Waals surface area contributed by atoms with Crippen molar-refractivity contribution < 1.29 is 9.53 Å². The molecule has 4 nitrogen and oxygen atoms in total. The lowest BCUT2D eigenvalue weighted by Gasteiger charge is -2.07. The second-order valence-electron chi connectivity index (χ2n) is 4.88. The monoisotopic (exact) mass is 450 g/mol. The highest BCUT2D eigenvalue weighted by Crippen LogP contribution is 2.21. The SMILES string of the molecule is C=CCOc1ccc(Br)cc1/C=N\NC(=O)Cc1ccc(Br)cc1. The Labute approximate surface area is 157 Å². The minimum absolute atomic E-state index is 0.183. The molecule has 24 heavy (non-hydrogen) atoms. The van der Waals surface area contributed by atoms with E-state index in [1.54, 1.807) is 12.3 Å². The molecular formula is C18H16Br2N2O2. The molecule has 0 aliphatic rings. The molecule has 2 aromatic carbocycles. The number of nitrogens with one attached hydrogen (secondary N) is 1. The zero-order chi connectivity index (χ0) is 17.4. The van der Waals surface area contributed by atoms with Crippen LogP contribution in [0.5, 0.6) is 5.75 Å². The first-order chi connectivity index (χ1) is 11.6. The van der Waals surface area contributed by atoms with E-state index in [1.807, 2.05) is 42.5 Å². The number of nitrogens with zero attached hydrogens (tertiary/aromatic N) is 1. The number of rotatable bonds is 7. The summed E-state index contributed by atoms with van der Waals surface area (Å²) in [6.45, 7) is 4.03. The molecule has 124 valence electrons. The summed E-state index contributed by atoms with van der Waals surface area (Å²) >= 11 is 6.77. The van der Waals surface area contributed by atoms with Crippen molar-refractivity contribution in [2.24, 2.45) is 5.10 Å². The van der Waals surface area contributed by atoms with E-state index in [0.717, 1.165) is 20.1 Å². The fourth-order valence-electron chi connectivity index (χ4n) is 1.90. The van der Waals surface area contributed by atoms with Gasteiger partial charge < -0.3 is 4.74 Å². The summed E-state index contributed by atoms with van der Waals surface area (Å²) in [6, 6.07) is 13.2. The molecule has 0 atom stereocenters. The Balaban J connectivity index is 1.97. The van der Waals surface area contributed by atoms with E-state index in [1.165, 1.54) is 0 Å². The van der Waals surface area contributed by atoms with Gasteiger partial charge in [0.2, 0.25) is 5.91 Å². The molecule has 1 amide bonds. The summed E-state index contributed by atoms with van der Waals surface area (Å²) < 4.78 is 7.44. The minimum atomic E-state index is -0.183. The van der Waals surface area contributed by atoms with Gasteiger partial charge in [0, 0.05) is 14.5 Å². The number of carbonyl (C=O) groups excluding carboxylic acids is 1. The molecular weight excluding hydrogens is 436 g/mol. The number of amides is 1. The molecule has 2 aromatic rings. The molecule has 0 unspecified atom stereocenters. The molecule has 0 bridgehead atoms. The Kier molecular flexibility index (Phi) is 7.21. The van der Waals surface area contributed by atoms with Crippen LogP contribution in [-0.4, -0.2) is 18.7 Å². The van der Waals surface area contributed by atoms with E-state index in [0.29, 0.717) is 12.4 Å². The van der Waals surface area contributed by atoms with Gasteiger partial charge in [0.05, 0.1) is 12.6 Å². The quantitative estimate of drug-likeness (QED) is 0.383. The van der Waals surface area contributed by atoms with Crippen LogP contribution >= 0.6 is 31.9 Å². The van der Waals surface area contributed by atoms with Crippen molar-refractivity contribution >= 4 is 44.0 Å². The maximum atomic E-state index is 11.9. The van der Waals surface area contributed by atoms with Gasteiger partial charge >= 0.3 is 0 Å². The maximum Gasteiger partial charge on any atom is 0.244 e. The second-order valence-corrected chi connectivity index (χ2v) is 6.71. The van der Waals surface area contributed by atoms with Gasteiger partial charge in [0.25, 0.3) is 0 Å². The number of hydrogen-bond donors (Lipinski definition) is 1. The molecule has 0 saturated carbocycles. The molecule has 0 saturated heterocycles. The summed E-state index contributed by atoms with van der Waals surface area (Å²) in [6.07, 6.45) is 3.49. The number of ether oxygens (including phenoxy) is 1. The van der Waals surface area contributed by atoms with Gasteiger partial charge in [-0.05, 0) is 35.9 Å². The van der Waals surface area contributed by atoms with Crippen LogP contribution < -0.4 is 10.2 Å². The fraction of sp³-hybridized carbons (Fsp3) is 0.111. The van der Waals surface area contributed by atoms with Crippen LogP contribution in [0.1, 0.15) is 11.1 Å². The van der Waals surface area contributed by atoms with Crippen LogP contribution in [0.15, 0.2) is 69.2 Å². The van der Waals surface area contributed by atoms with Crippen molar-refractivity contribution in [3.8, 4) is 5.75 Å². The normalized spacial score (nSPS) is 10.6. The van der Waals surface area contributed by atoms with E-state index in [9.17, 15) is 4.79 Å². The second kappa shape index (κ2) is 9.39. The Hall–Kier alpha value is -1.92. The maximum absolute atomic E-state index is 11.9. The van der Waals surface area contributed by atoms with Crippen molar-refractivity contribution in [1.82, 2.24) is 5.43 Å². The highest BCUT2D eigenvalue weighted by Gasteiger charge is 2.04. The van der Waals surface area contributed by atoms with E-state index in [-0.39, 0.29) is 12.3 Å². The molecule has 2 rings (SSSR count). The lowest BCUT2D eigenvalue weighted by molar-refractivity contribution is -0.120. The van der Waals surface area contributed by atoms with Crippen LogP contribution in [0.3, 0.4) is 0 Å². The predicted molar refractivity (Wildman–Crippen MR) is 103 cm³/mol. The molecule has 0 aliphatic carbocycles. The first-order valence-corrected chi connectivity index (χ1v) is 8.76. The molecule has 6 heteroatoms. The highest BCUT2D eigenvalue weighted by atomic mass is 79.9. The van der Waals surface area contributed by atoms with Crippen LogP contribution in [0.25, 0.3) is 0 Å². The Morgan fingerprint density at radius 1 is 1.17 bits per heavy atom. The third kappa shape index (κ3) is 5.94. The van der Waals surface area contributed by atoms with Gasteiger partial charge in [-0.25, -0.2) is 5.43 Å². The number of hydrazone groups is 1.